The number of hydrogen-bond acceptors (Lipinski definition) is 9. The number of nitrogens with two attached hydrogens (primary N) is 1. The number of halogens is 3. The fraction of sp³-hybridized carbons (Fsp3) is 0.517. The summed E-state index contributed by atoms with van der Waals surface area (Å²) < 4.78 is 41.7. The van der Waals surface area contributed by atoms with E-state index in [-0.39, 0.29) is 30.2 Å². The maximum atomic E-state index is 14.0. The van der Waals surface area contributed by atoms with Crippen LogP contribution in [0.3, 0.4) is 0 Å². The van der Waals surface area contributed by atoms with Gasteiger partial charge in [-0.1, -0.05) is 67.7 Å². The Morgan fingerprint density at radius 1 is 1.09 bits per heavy atom. The first-order valence-electron chi connectivity index (χ1n) is 14.1. The Kier molecular flexibility index (Phi) is 9.79. The first-order valence-corrected chi connectivity index (χ1v) is 15.0. The van der Waals surface area contributed by atoms with Crippen LogP contribution in [0.15, 0.2) is 51.6 Å². The van der Waals surface area contributed by atoms with Crippen molar-refractivity contribution in [2.24, 2.45) is 12.8 Å². The number of alkyl halides is 3. The molecule has 43 heavy (non-hydrogen) atoms. The maximum absolute atomic E-state index is 14.0. The fourth-order valence-corrected chi connectivity index (χ4v) is 6.98. The van der Waals surface area contributed by atoms with E-state index in [1.165, 1.54) is 23.7 Å². The third kappa shape index (κ3) is 6.85. The minimum atomic E-state index is -5.34. The number of hydroxylamine groups is 1. The molecule has 0 bridgehead atoms. The van der Waals surface area contributed by atoms with Crippen LogP contribution >= 0.6 is 11.8 Å². The number of anilines is 2. The van der Waals surface area contributed by atoms with E-state index in [1.54, 1.807) is 36.4 Å². The molecular formula is C29H36F3N5O5S. The summed E-state index contributed by atoms with van der Waals surface area (Å²) in [4.78, 5) is 59.3. The Labute approximate surface area is 251 Å². The van der Waals surface area contributed by atoms with Gasteiger partial charge in [0.05, 0.1) is 6.54 Å². The number of thioether (sulfide) groups is 1. The lowest BCUT2D eigenvalue weighted by molar-refractivity contribution is -0.201. The summed E-state index contributed by atoms with van der Waals surface area (Å²) in [5.41, 5.74) is 4.28. The van der Waals surface area contributed by atoms with Gasteiger partial charge in [0.25, 0.3) is 5.56 Å². The van der Waals surface area contributed by atoms with Crippen molar-refractivity contribution in [2.75, 3.05) is 23.1 Å². The van der Waals surface area contributed by atoms with E-state index in [0.717, 1.165) is 40.4 Å². The number of benzene rings is 1. The first-order chi connectivity index (χ1) is 20.3. The molecule has 0 radical (unpaired) electrons. The van der Waals surface area contributed by atoms with Crippen LogP contribution in [0.25, 0.3) is 0 Å². The molecule has 0 amide bonds. The second-order valence-corrected chi connectivity index (χ2v) is 12.6. The number of hydrogen-bond donors (Lipinski definition) is 1. The average Bonchev–Trinajstić information content (AvgIpc) is 3.09. The lowest BCUT2D eigenvalue weighted by Crippen LogP contribution is -2.49. The number of carbonyl (C=O) groups is 2. The summed E-state index contributed by atoms with van der Waals surface area (Å²) in [7, 11) is 1.26. The Morgan fingerprint density at radius 2 is 1.72 bits per heavy atom. The number of allylic oxidation sites excluding steroid dienone is 1. The molecule has 2 N–H and O–H groups in total. The van der Waals surface area contributed by atoms with Crippen LogP contribution in [0.5, 0.6) is 0 Å². The number of Topliss-reactive ketones (excluding diaryl/α,β-unsaturated/α-hetero) is 1. The van der Waals surface area contributed by atoms with Gasteiger partial charge >= 0.3 is 17.8 Å². The largest absolute Gasteiger partial charge is 0.493 e. The Bertz CT molecular complexity index is 1490. The van der Waals surface area contributed by atoms with Crippen molar-refractivity contribution in [3.05, 3.63) is 68.4 Å². The first kappa shape index (κ1) is 32.4. The van der Waals surface area contributed by atoms with Crippen molar-refractivity contribution in [1.29, 1.82) is 0 Å². The minimum absolute atomic E-state index is 0.0494. The number of rotatable bonds is 9. The summed E-state index contributed by atoms with van der Waals surface area (Å²) in [6.45, 7) is 3.31. The topological polar surface area (TPSA) is 120 Å². The van der Waals surface area contributed by atoms with E-state index in [0.29, 0.717) is 17.9 Å². The van der Waals surface area contributed by atoms with Gasteiger partial charge in [0.15, 0.2) is 22.8 Å². The number of carbonyl (C=O) groups excluding carboxylic acids is 2. The van der Waals surface area contributed by atoms with Crippen molar-refractivity contribution in [3.8, 4) is 0 Å². The molecule has 0 spiro atoms. The van der Waals surface area contributed by atoms with Gasteiger partial charge in [-0.2, -0.15) is 18.2 Å². The van der Waals surface area contributed by atoms with Gasteiger partial charge in [-0.05, 0) is 26.7 Å². The molecule has 10 nitrogen and oxygen atoms in total. The smallest absolute Gasteiger partial charge is 0.329 e. The number of aromatic nitrogens is 2. The lowest BCUT2D eigenvalue weighted by atomic mass is 9.99. The summed E-state index contributed by atoms with van der Waals surface area (Å²) in [6, 6.07) is 8.11. The van der Waals surface area contributed by atoms with E-state index < -0.39 is 46.0 Å². The van der Waals surface area contributed by atoms with Crippen molar-refractivity contribution in [1.82, 2.24) is 9.13 Å². The molecule has 1 saturated carbocycles. The highest BCUT2D eigenvalue weighted by Gasteiger charge is 2.51. The van der Waals surface area contributed by atoms with Crippen molar-refractivity contribution < 1.29 is 27.6 Å². The molecule has 2 aromatic rings. The highest BCUT2D eigenvalue weighted by molar-refractivity contribution is 8.01. The predicted molar refractivity (Wildman–Crippen MR) is 159 cm³/mol. The SMILES string of the molecule is CC(C)=CCN1c2c(n(C)c(=O)n(CC(=O)c3ccccc3)c2=O)N(OC(=O)C(F)(F)F)C1SC1(CN)CCCCCC1. The van der Waals surface area contributed by atoms with E-state index in [1.807, 2.05) is 13.8 Å². The van der Waals surface area contributed by atoms with E-state index in [2.05, 4.69) is 0 Å². The molecule has 1 aromatic heterocycles. The zero-order valence-electron chi connectivity index (χ0n) is 24.4. The molecule has 4 rings (SSSR count). The van der Waals surface area contributed by atoms with Crippen molar-refractivity contribution >= 4 is 35.0 Å². The number of ketones is 1. The average molecular weight is 624 g/mol. The van der Waals surface area contributed by atoms with Crippen LogP contribution in [0, 0.1) is 0 Å². The monoisotopic (exact) mass is 623 g/mol. The van der Waals surface area contributed by atoms with Crippen molar-refractivity contribution in [2.45, 2.75) is 75.3 Å². The van der Waals surface area contributed by atoms with E-state index in [9.17, 15) is 32.3 Å². The molecule has 234 valence electrons. The van der Waals surface area contributed by atoms with Gasteiger partial charge in [0.2, 0.25) is 0 Å². The third-order valence-corrected chi connectivity index (χ3v) is 9.44. The van der Waals surface area contributed by atoms with Crippen LogP contribution in [0.2, 0.25) is 0 Å². The molecule has 1 unspecified atom stereocenters. The Hall–Kier alpha value is -3.52. The maximum Gasteiger partial charge on any atom is 0.493 e. The number of fused-ring (bicyclic) bond motifs is 1. The molecule has 1 fully saturated rings. The van der Waals surface area contributed by atoms with Crippen molar-refractivity contribution in [3.63, 3.8) is 0 Å². The van der Waals surface area contributed by atoms with E-state index >= 15 is 0 Å². The van der Waals surface area contributed by atoms with Gasteiger partial charge in [-0.25, -0.2) is 9.59 Å². The normalized spacial score (nSPS) is 18.2. The molecule has 1 aliphatic heterocycles. The second-order valence-electron chi connectivity index (χ2n) is 11.1. The van der Waals surface area contributed by atoms with Gasteiger partial charge in [0.1, 0.15) is 0 Å². The zero-order chi connectivity index (χ0) is 31.5. The molecule has 14 heteroatoms. The van der Waals surface area contributed by atoms with Gasteiger partial charge in [0, 0.05) is 30.4 Å². The minimum Gasteiger partial charge on any atom is -0.329 e. The summed E-state index contributed by atoms with van der Waals surface area (Å²) in [5.74, 6) is -3.30. The standard InChI is InChI=1S/C29H36F3N5O5S/c1-19(2)13-16-35-22-23(34(3)26(41)36(24(22)39)17-21(38)20-11-7-6-8-12-20)37(42-25(40)29(30,31)32)27(35)43-28(18-33)14-9-4-5-10-15-28/h6-8,11-13,27H,4-5,9-10,14-18,33H2,1-3H3. The van der Waals surface area contributed by atoms with Crippen LogP contribution in [0.4, 0.5) is 24.7 Å². The number of nitrogens with zero attached hydrogens (tertiary/aromatic N) is 4. The molecule has 1 aliphatic carbocycles. The molecule has 2 heterocycles. The second kappa shape index (κ2) is 13.0. The fourth-order valence-electron chi connectivity index (χ4n) is 5.35. The molecule has 1 aromatic carbocycles. The van der Waals surface area contributed by atoms with Gasteiger partial charge < -0.3 is 15.5 Å². The van der Waals surface area contributed by atoms with Gasteiger partial charge in [-0.15, -0.1) is 11.8 Å². The predicted octanol–water partition coefficient (Wildman–Crippen LogP) is 4.11. The summed E-state index contributed by atoms with van der Waals surface area (Å²) in [6.07, 6.45) is 1.46. The van der Waals surface area contributed by atoms with Crippen LogP contribution < -0.4 is 26.9 Å². The highest BCUT2D eigenvalue weighted by Crippen LogP contribution is 2.48. The van der Waals surface area contributed by atoms with Crippen LogP contribution in [-0.4, -0.2) is 50.4 Å². The highest BCUT2D eigenvalue weighted by atomic mass is 32.2. The molecule has 1 atom stereocenters. The lowest BCUT2D eigenvalue weighted by Gasteiger charge is -2.39. The molecule has 2 aliphatic rings. The zero-order valence-corrected chi connectivity index (χ0v) is 25.2. The third-order valence-electron chi connectivity index (χ3n) is 7.71. The van der Waals surface area contributed by atoms with Crippen LogP contribution in [0.1, 0.15) is 62.7 Å². The van der Waals surface area contributed by atoms with Crippen LogP contribution in [-0.2, 0) is 23.2 Å². The molecule has 0 saturated heterocycles. The summed E-state index contributed by atoms with van der Waals surface area (Å²) in [5, 5.41) is 0.711. The van der Waals surface area contributed by atoms with E-state index in [4.69, 9.17) is 10.6 Å². The Morgan fingerprint density at radius 3 is 2.28 bits per heavy atom. The summed E-state index contributed by atoms with van der Waals surface area (Å²) >= 11 is 1.23. The molecular weight excluding hydrogens is 587 g/mol. The van der Waals surface area contributed by atoms with Gasteiger partial charge in [-0.3, -0.25) is 18.7 Å². The quantitative estimate of drug-likeness (QED) is 0.250. The Balaban J connectivity index is 1.91.